The molecule has 88 valence electrons. The quantitative estimate of drug-likeness (QED) is 0.752. The van der Waals surface area contributed by atoms with E-state index in [1.54, 1.807) is 0 Å². The Balaban J connectivity index is 2.23. The molecule has 1 atom stereocenters. The molecule has 1 heterocycles. The maximum absolute atomic E-state index is 12.0. The molecule has 2 nitrogen and oxygen atoms in total. The molecule has 0 aromatic heterocycles. The van der Waals surface area contributed by atoms with Crippen LogP contribution in [0.5, 0.6) is 5.75 Å². The molecule has 0 saturated carbocycles. The zero-order valence-electron chi connectivity index (χ0n) is 8.27. The Bertz CT molecular complexity index is 413. The molecular formula is C10H8ClF3O2. The minimum Gasteiger partial charge on any atom is -0.404 e. The van der Waals surface area contributed by atoms with Gasteiger partial charge in [-0.2, -0.15) is 0 Å². The summed E-state index contributed by atoms with van der Waals surface area (Å²) in [6.07, 6.45) is -4.73. The van der Waals surface area contributed by atoms with Crippen LogP contribution in [-0.2, 0) is 10.3 Å². The maximum atomic E-state index is 12.0. The van der Waals surface area contributed by atoms with Gasteiger partial charge in [0.25, 0.3) is 0 Å². The monoisotopic (exact) mass is 252 g/mol. The molecule has 1 fully saturated rings. The van der Waals surface area contributed by atoms with Crippen molar-refractivity contribution in [3.05, 3.63) is 28.8 Å². The molecular weight excluding hydrogens is 245 g/mol. The molecule has 1 aromatic carbocycles. The molecule has 16 heavy (non-hydrogen) atoms. The lowest BCUT2D eigenvalue weighted by molar-refractivity contribution is -0.274. The Morgan fingerprint density at radius 1 is 1.44 bits per heavy atom. The molecule has 1 aliphatic rings. The molecule has 0 radical (unpaired) electrons. The number of halogens is 4. The number of epoxide rings is 1. The fourth-order valence-corrected chi connectivity index (χ4v) is 1.53. The highest BCUT2D eigenvalue weighted by Crippen LogP contribution is 2.41. The van der Waals surface area contributed by atoms with E-state index in [1.165, 1.54) is 18.2 Å². The summed E-state index contributed by atoms with van der Waals surface area (Å²) < 4.78 is 44.8. The van der Waals surface area contributed by atoms with Crippen LogP contribution in [0.1, 0.15) is 12.5 Å². The Labute approximate surface area is 94.9 Å². The lowest BCUT2D eigenvalue weighted by atomic mass is 10.0. The van der Waals surface area contributed by atoms with Crippen LogP contribution in [-0.4, -0.2) is 13.0 Å². The molecule has 2 rings (SSSR count). The summed E-state index contributed by atoms with van der Waals surface area (Å²) in [7, 11) is 0. The third-order valence-electron chi connectivity index (χ3n) is 2.35. The van der Waals surface area contributed by atoms with Crippen molar-refractivity contribution in [2.24, 2.45) is 0 Å². The van der Waals surface area contributed by atoms with Crippen LogP contribution in [0.4, 0.5) is 13.2 Å². The van der Waals surface area contributed by atoms with Gasteiger partial charge in [-0.1, -0.05) is 17.7 Å². The van der Waals surface area contributed by atoms with E-state index in [9.17, 15) is 13.2 Å². The third-order valence-corrected chi connectivity index (χ3v) is 2.64. The van der Waals surface area contributed by atoms with Crippen LogP contribution in [0.15, 0.2) is 18.2 Å². The van der Waals surface area contributed by atoms with Crippen LogP contribution in [0, 0.1) is 0 Å². The predicted octanol–water partition coefficient (Wildman–Crippen LogP) is 3.48. The van der Waals surface area contributed by atoms with Gasteiger partial charge in [0.2, 0.25) is 0 Å². The highest BCUT2D eigenvalue weighted by molar-refractivity contribution is 6.32. The van der Waals surface area contributed by atoms with Gasteiger partial charge in [-0.25, -0.2) is 0 Å². The Morgan fingerprint density at radius 2 is 2.06 bits per heavy atom. The number of benzene rings is 1. The van der Waals surface area contributed by atoms with Gasteiger partial charge in [0, 0.05) is 0 Å². The third kappa shape index (κ3) is 2.41. The molecule has 0 aliphatic carbocycles. The summed E-state index contributed by atoms with van der Waals surface area (Å²) in [5.74, 6) is -0.401. The number of hydrogen-bond donors (Lipinski definition) is 0. The van der Waals surface area contributed by atoms with Crippen LogP contribution in [0.3, 0.4) is 0 Å². The maximum Gasteiger partial charge on any atom is 0.573 e. The lowest BCUT2D eigenvalue weighted by Gasteiger charge is -2.12. The zero-order chi connectivity index (χ0) is 12.0. The Hall–Kier alpha value is -0.940. The van der Waals surface area contributed by atoms with Gasteiger partial charge in [0.15, 0.2) is 0 Å². The average molecular weight is 253 g/mol. The fraction of sp³-hybridized carbons (Fsp3) is 0.400. The average Bonchev–Trinajstić information content (AvgIpc) is 2.86. The molecule has 0 N–H and O–H groups in total. The van der Waals surface area contributed by atoms with Crippen molar-refractivity contribution in [3.63, 3.8) is 0 Å². The van der Waals surface area contributed by atoms with Crippen molar-refractivity contribution in [3.8, 4) is 5.75 Å². The van der Waals surface area contributed by atoms with E-state index in [1.807, 2.05) is 6.92 Å². The summed E-state index contributed by atoms with van der Waals surface area (Å²) in [4.78, 5) is 0. The highest BCUT2D eigenvalue weighted by Gasteiger charge is 2.41. The number of alkyl halides is 3. The first-order chi connectivity index (χ1) is 7.30. The van der Waals surface area contributed by atoms with Crippen LogP contribution in [0.25, 0.3) is 0 Å². The highest BCUT2D eigenvalue weighted by atomic mass is 35.5. The van der Waals surface area contributed by atoms with Crippen molar-refractivity contribution in [1.82, 2.24) is 0 Å². The predicted molar refractivity (Wildman–Crippen MR) is 51.4 cm³/mol. The van der Waals surface area contributed by atoms with Gasteiger partial charge in [-0.05, 0) is 24.6 Å². The normalized spacial score (nSPS) is 24.3. The second kappa shape index (κ2) is 3.53. The molecule has 0 spiro atoms. The molecule has 1 saturated heterocycles. The first-order valence-electron chi connectivity index (χ1n) is 4.50. The molecule has 6 heteroatoms. The summed E-state index contributed by atoms with van der Waals surface area (Å²) in [5.41, 5.74) is 0.326. The van der Waals surface area contributed by atoms with Crippen molar-refractivity contribution >= 4 is 11.6 Å². The Kier molecular flexibility index (Phi) is 2.55. The SMILES string of the molecule is CC1(c2ccc(OC(F)(F)F)c(Cl)c2)CO1. The second-order valence-corrected chi connectivity index (χ2v) is 4.12. The summed E-state index contributed by atoms with van der Waals surface area (Å²) >= 11 is 5.69. The Morgan fingerprint density at radius 3 is 2.50 bits per heavy atom. The largest absolute Gasteiger partial charge is 0.573 e. The van der Waals surface area contributed by atoms with E-state index in [4.69, 9.17) is 16.3 Å². The van der Waals surface area contributed by atoms with E-state index >= 15 is 0 Å². The topological polar surface area (TPSA) is 21.8 Å². The second-order valence-electron chi connectivity index (χ2n) is 3.71. The van der Waals surface area contributed by atoms with Gasteiger partial charge in [0.05, 0.1) is 11.6 Å². The summed E-state index contributed by atoms with van der Waals surface area (Å²) in [6.45, 7) is 2.38. The van der Waals surface area contributed by atoms with Crippen molar-refractivity contribution in [2.75, 3.05) is 6.61 Å². The van der Waals surface area contributed by atoms with Gasteiger partial charge in [-0.3, -0.25) is 0 Å². The van der Waals surface area contributed by atoms with E-state index in [2.05, 4.69) is 4.74 Å². The molecule has 0 amide bonds. The molecule has 0 bridgehead atoms. The van der Waals surface area contributed by atoms with Crippen LogP contribution in [0.2, 0.25) is 5.02 Å². The van der Waals surface area contributed by atoms with Crippen molar-refractivity contribution in [2.45, 2.75) is 18.9 Å². The van der Waals surface area contributed by atoms with Gasteiger partial charge < -0.3 is 9.47 Å². The summed E-state index contributed by atoms with van der Waals surface area (Å²) in [5, 5.41) is -0.0773. The number of rotatable bonds is 2. The summed E-state index contributed by atoms with van der Waals surface area (Å²) in [6, 6.07) is 4.13. The van der Waals surface area contributed by atoms with E-state index in [0.717, 1.165) is 5.56 Å². The van der Waals surface area contributed by atoms with Crippen molar-refractivity contribution < 1.29 is 22.6 Å². The van der Waals surface area contributed by atoms with E-state index in [0.29, 0.717) is 6.61 Å². The van der Waals surface area contributed by atoms with Crippen LogP contribution < -0.4 is 4.74 Å². The van der Waals surface area contributed by atoms with Gasteiger partial charge >= 0.3 is 6.36 Å². The van der Waals surface area contributed by atoms with E-state index < -0.39 is 17.7 Å². The smallest absolute Gasteiger partial charge is 0.404 e. The molecule has 1 aromatic rings. The van der Waals surface area contributed by atoms with Crippen molar-refractivity contribution in [1.29, 1.82) is 0 Å². The lowest BCUT2D eigenvalue weighted by Crippen LogP contribution is -2.17. The van der Waals surface area contributed by atoms with Crippen LogP contribution >= 0.6 is 11.6 Å². The van der Waals surface area contributed by atoms with E-state index in [-0.39, 0.29) is 5.02 Å². The minimum absolute atomic E-state index is 0.0773. The standard InChI is InChI=1S/C10H8ClF3O2/c1-9(5-15-9)6-2-3-8(7(11)4-6)16-10(12,13)14/h2-4H,5H2,1H3. The number of hydrogen-bond acceptors (Lipinski definition) is 2. The first-order valence-corrected chi connectivity index (χ1v) is 4.88. The first kappa shape index (κ1) is 11.5. The van der Waals surface area contributed by atoms with Gasteiger partial charge in [0.1, 0.15) is 11.4 Å². The molecule has 1 aliphatic heterocycles. The molecule has 1 unspecified atom stereocenters. The zero-order valence-corrected chi connectivity index (χ0v) is 9.02. The van der Waals surface area contributed by atoms with Gasteiger partial charge in [-0.15, -0.1) is 13.2 Å². The fourth-order valence-electron chi connectivity index (χ4n) is 1.31. The number of ether oxygens (including phenoxy) is 2. The minimum atomic E-state index is -4.73.